The fourth-order valence-electron chi connectivity index (χ4n) is 2.01. The first kappa shape index (κ1) is 17.5. The van der Waals surface area contributed by atoms with Gasteiger partial charge in [0, 0.05) is 6.54 Å². The molecule has 114 valence electrons. The Morgan fingerprint density at radius 2 is 1.95 bits per heavy atom. The number of hydrogen-bond acceptors (Lipinski definition) is 4. The first-order chi connectivity index (χ1) is 9.31. The zero-order chi connectivity index (χ0) is 15.3. The highest BCUT2D eigenvalue weighted by Crippen LogP contribution is 2.20. The summed E-state index contributed by atoms with van der Waals surface area (Å²) in [6, 6.07) is 3.36. The number of sulfonamides is 1. The van der Waals surface area contributed by atoms with Gasteiger partial charge in [-0.05, 0) is 54.5 Å². The molecule has 1 unspecified atom stereocenters. The predicted octanol–water partition coefficient (Wildman–Crippen LogP) is 2.07. The molecule has 20 heavy (non-hydrogen) atoms. The summed E-state index contributed by atoms with van der Waals surface area (Å²) in [6.45, 7) is 5.92. The lowest BCUT2D eigenvalue weighted by atomic mass is 10.1. The lowest BCUT2D eigenvalue weighted by Gasteiger charge is -2.15. The molecule has 0 fully saturated rings. The molecular formula is C14H23NO3S2. The maximum atomic E-state index is 12.3. The molecule has 1 rings (SSSR count). The van der Waals surface area contributed by atoms with E-state index in [9.17, 15) is 13.5 Å². The smallest absolute Gasteiger partial charge is 0.240 e. The van der Waals surface area contributed by atoms with E-state index < -0.39 is 10.0 Å². The van der Waals surface area contributed by atoms with Gasteiger partial charge in [-0.25, -0.2) is 13.1 Å². The van der Waals surface area contributed by atoms with E-state index in [1.165, 1.54) is 0 Å². The first-order valence-electron chi connectivity index (χ1n) is 6.51. The number of thioether (sulfide) groups is 1. The van der Waals surface area contributed by atoms with Crippen molar-refractivity contribution in [1.29, 1.82) is 0 Å². The molecule has 0 aromatic heterocycles. The number of nitrogens with one attached hydrogen (secondary N) is 1. The van der Waals surface area contributed by atoms with Gasteiger partial charge in [-0.2, -0.15) is 11.8 Å². The van der Waals surface area contributed by atoms with Crippen LogP contribution in [0.25, 0.3) is 0 Å². The Bertz CT molecular complexity index is 556. The monoisotopic (exact) mass is 317 g/mol. The second-order valence-corrected chi connectivity index (χ2v) is 7.76. The molecule has 0 heterocycles. The van der Waals surface area contributed by atoms with E-state index in [-0.39, 0.29) is 17.4 Å². The summed E-state index contributed by atoms with van der Waals surface area (Å²) in [5, 5.41) is 9.27. The van der Waals surface area contributed by atoms with Crippen LogP contribution in [0.1, 0.15) is 23.6 Å². The molecule has 4 nitrogen and oxygen atoms in total. The molecule has 1 atom stereocenters. The van der Waals surface area contributed by atoms with E-state index in [1.807, 2.05) is 20.1 Å². The highest BCUT2D eigenvalue weighted by molar-refractivity contribution is 7.98. The molecule has 0 saturated heterocycles. The Morgan fingerprint density at radius 3 is 2.50 bits per heavy atom. The lowest BCUT2D eigenvalue weighted by Crippen LogP contribution is -2.30. The molecule has 0 radical (unpaired) electrons. The molecule has 1 aromatic carbocycles. The number of aliphatic hydroxyl groups is 1. The van der Waals surface area contributed by atoms with E-state index >= 15 is 0 Å². The van der Waals surface area contributed by atoms with Crippen molar-refractivity contribution in [2.24, 2.45) is 5.92 Å². The number of benzene rings is 1. The topological polar surface area (TPSA) is 66.4 Å². The average molecular weight is 317 g/mol. The summed E-state index contributed by atoms with van der Waals surface area (Å²) in [6.07, 6.45) is 2.00. The third-order valence-corrected chi connectivity index (χ3v) is 5.63. The van der Waals surface area contributed by atoms with Crippen molar-refractivity contribution < 1.29 is 13.5 Å². The van der Waals surface area contributed by atoms with Crippen LogP contribution < -0.4 is 4.72 Å². The van der Waals surface area contributed by atoms with Gasteiger partial charge in [0.15, 0.2) is 0 Å². The summed E-state index contributed by atoms with van der Waals surface area (Å²) in [5.41, 5.74) is 2.25. The quantitative estimate of drug-likeness (QED) is 0.808. The first-order valence-corrected chi connectivity index (χ1v) is 9.39. The molecule has 0 aliphatic carbocycles. The minimum atomic E-state index is -3.52. The van der Waals surface area contributed by atoms with E-state index in [1.54, 1.807) is 30.8 Å². The normalized spacial score (nSPS) is 13.4. The number of aryl methyl sites for hydroxylation is 2. The average Bonchev–Trinajstić information content (AvgIpc) is 2.37. The van der Waals surface area contributed by atoms with Crippen LogP contribution >= 0.6 is 11.8 Å². The fraction of sp³-hybridized carbons (Fsp3) is 0.571. The van der Waals surface area contributed by atoms with Crippen LogP contribution in [-0.2, 0) is 16.6 Å². The molecule has 0 amide bonds. The maximum Gasteiger partial charge on any atom is 0.240 e. The summed E-state index contributed by atoms with van der Waals surface area (Å²) in [7, 11) is -3.52. The fourth-order valence-corrected chi connectivity index (χ4v) is 4.13. The van der Waals surface area contributed by atoms with Gasteiger partial charge in [0.05, 0.1) is 11.5 Å². The van der Waals surface area contributed by atoms with Gasteiger partial charge >= 0.3 is 0 Å². The van der Waals surface area contributed by atoms with Crippen LogP contribution in [0.5, 0.6) is 0 Å². The van der Waals surface area contributed by atoms with Crippen LogP contribution in [0, 0.1) is 19.8 Å². The molecule has 0 aliphatic rings. The van der Waals surface area contributed by atoms with Crippen molar-refractivity contribution in [3.05, 3.63) is 28.8 Å². The largest absolute Gasteiger partial charge is 0.392 e. The summed E-state index contributed by atoms with van der Waals surface area (Å²) >= 11 is 1.70. The van der Waals surface area contributed by atoms with E-state index in [4.69, 9.17) is 0 Å². The van der Waals surface area contributed by atoms with Gasteiger partial charge in [-0.15, -0.1) is 0 Å². The van der Waals surface area contributed by atoms with Gasteiger partial charge in [-0.1, -0.05) is 13.0 Å². The maximum absolute atomic E-state index is 12.3. The predicted molar refractivity (Wildman–Crippen MR) is 84.6 cm³/mol. The van der Waals surface area contributed by atoms with Crippen LogP contribution in [0.4, 0.5) is 0 Å². The Balaban J connectivity index is 2.98. The third-order valence-electron chi connectivity index (χ3n) is 3.17. The Hall–Kier alpha value is -0.560. The van der Waals surface area contributed by atoms with Gasteiger partial charge < -0.3 is 5.11 Å². The SMILES string of the molecule is CSCC(C)CNS(=O)(=O)c1cc(CO)c(C)cc1C. The van der Waals surface area contributed by atoms with Crippen LogP contribution in [0.15, 0.2) is 17.0 Å². The Labute approximate surface area is 126 Å². The second-order valence-electron chi connectivity index (χ2n) is 5.11. The third kappa shape index (κ3) is 4.48. The minimum Gasteiger partial charge on any atom is -0.392 e. The summed E-state index contributed by atoms with van der Waals surface area (Å²) in [4.78, 5) is 0.253. The van der Waals surface area contributed by atoms with Crippen molar-refractivity contribution in [2.75, 3.05) is 18.6 Å². The van der Waals surface area contributed by atoms with Gasteiger partial charge in [-0.3, -0.25) is 0 Å². The lowest BCUT2D eigenvalue weighted by molar-refractivity contribution is 0.280. The molecule has 1 aromatic rings. The van der Waals surface area contributed by atoms with Crippen LogP contribution in [0.3, 0.4) is 0 Å². The van der Waals surface area contributed by atoms with E-state index in [0.29, 0.717) is 17.7 Å². The number of rotatable bonds is 7. The summed E-state index contributed by atoms with van der Waals surface area (Å²) in [5.74, 6) is 1.19. The molecule has 0 bridgehead atoms. The van der Waals surface area contributed by atoms with Gasteiger partial charge in [0.1, 0.15) is 0 Å². The molecule has 2 N–H and O–H groups in total. The van der Waals surface area contributed by atoms with Crippen molar-refractivity contribution in [1.82, 2.24) is 4.72 Å². The van der Waals surface area contributed by atoms with E-state index in [2.05, 4.69) is 4.72 Å². The van der Waals surface area contributed by atoms with Crippen molar-refractivity contribution in [3.63, 3.8) is 0 Å². The Kier molecular flexibility index (Phi) is 6.51. The molecule has 0 spiro atoms. The minimum absolute atomic E-state index is 0.155. The van der Waals surface area contributed by atoms with Crippen LogP contribution in [0.2, 0.25) is 0 Å². The van der Waals surface area contributed by atoms with Crippen molar-refractivity contribution in [2.45, 2.75) is 32.3 Å². The molecular weight excluding hydrogens is 294 g/mol. The highest BCUT2D eigenvalue weighted by Gasteiger charge is 2.19. The number of aliphatic hydroxyl groups excluding tert-OH is 1. The summed E-state index contributed by atoms with van der Waals surface area (Å²) < 4.78 is 27.3. The van der Waals surface area contributed by atoms with Crippen molar-refractivity contribution >= 4 is 21.8 Å². The van der Waals surface area contributed by atoms with Crippen LogP contribution in [-0.4, -0.2) is 32.1 Å². The second kappa shape index (κ2) is 7.45. The zero-order valence-corrected chi connectivity index (χ0v) is 14.1. The Morgan fingerprint density at radius 1 is 1.30 bits per heavy atom. The number of hydrogen-bond donors (Lipinski definition) is 2. The van der Waals surface area contributed by atoms with Gasteiger partial charge in [0.2, 0.25) is 10.0 Å². The zero-order valence-electron chi connectivity index (χ0n) is 12.4. The molecule has 6 heteroatoms. The van der Waals surface area contributed by atoms with E-state index in [0.717, 1.165) is 11.3 Å². The highest BCUT2D eigenvalue weighted by atomic mass is 32.2. The molecule has 0 saturated carbocycles. The molecule has 0 aliphatic heterocycles. The van der Waals surface area contributed by atoms with Gasteiger partial charge in [0.25, 0.3) is 0 Å². The van der Waals surface area contributed by atoms with Crippen molar-refractivity contribution in [3.8, 4) is 0 Å². The standard InChI is InChI=1S/C14H23NO3S2/c1-10(9-19-4)7-15-20(17,18)14-6-13(8-16)11(2)5-12(14)3/h5-6,10,15-16H,7-9H2,1-4H3.